The topological polar surface area (TPSA) is 84.2 Å². The first-order valence-electron chi connectivity index (χ1n) is 12.4. The highest BCUT2D eigenvalue weighted by atomic mass is 19.3. The smallest absolute Gasteiger partial charge is 0.267 e. The summed E-state index contributed by atoms with van der Waals surface area (Å²) in [6.07, 6.45) is 8.09. The minimum absolute atomic E-state index is 0.130. The summed E-state index contributed by atoms with van der Waals surface area (Å²) in [6, 6.07) is 9.02. The van der Waals surface area contributed by atoms with Crippen molar-refractivity contribution in [2.45, 2.75) is 31.1 Å². The number of β-amino-alcohol motifs (C(OH)–C–C–N with tert-alkyl or cyclic N) is 1. The van der Waals surface area contributed by atoms with Gasteiger partial charge in [0.25, 0.3) is 5.92 Å². The summed E-state index contributed by atoms with van der Waals surface area (Å²) in [6.45, 7) is 0.258. The molecule has 1 unspecified atom stereocenters. The van der Waals surface area contributed by atoms with E-state index in [0.717, 1.165) is 35.4 Å². The maximum atomic E-state index is 15.0. The SMILES string of the molecule is COC1=CCCC=C1c1ccc2cnc(Nc3ccc(C4CCN(CCO)CC4(F)F)cc3OC)nn12. The zero-order valence-electron chi connectivity index (χ0n) is 21.0. The molecule has 196 valence electrons. The lowest BCUT2D eigenvalue weighted by Crippen LogP contribution is -2.48. The van der Waals surface area contributed by atoms with E-state index >= 15 is 0 Å². The number of allylic oxidation sites excluding steroid dienone is 3. The van der Waals surface area contributed by atoms with Crippen molar-refractivity contribution in [3.63, 3.8) is 0 Å². The molecular formula is C27H31F2N5O3. The fourth-order valence-corrected chi connectivity index (χ4v) is 5.14. The molecule has 3 aromatic rings. The molecule has 2 aliphatic rings. The lowest BCUT2D eigenvalue weighted by molar-refractivity contribution is -0.0847. The number of aromatic nitrogens is 3. The minimum Gasteiger partial charge on any atom is -0.496 e. The Kier molecular flexibility index (Phi) is 7.12. The molecular weight excluding hydrogens is 480 g/mol. The van der Waals surface area contributed by atoms with Crippen molar-refractivity contribution in [2.75, 3.05) is 45.8 Å². The number of hydrogen-bond donors (Lipinski definition) is 2. The van der Waals surface area contributed by atoms with Crippen molar-refractivity contribution in [3.05, 3.63) is 65.7 Å². The number of ether oxygens (including phenoxy) is 2. The van der Waals surface area contributed by atoms with Crippen LogP contribution in [-0.2, 0) is 4.74 Å². The minimum atomic E-state index is -2.91. The van der Waals surface area contributed by atoms with E-state index < -0.39 is 11.8 Å². The van der Waals surface area contributed by atoms with Crippen molar-refractivity contribution in [1.29, 1.82) is 0 Å². The molecule has 1 fully saturated rings. The summed E-state index contributed by atoms with van der Waals surface area (Å²) >= 11 is 0. The highest BCUT2D eigenvalue weighted by Crippen LogP contribution is 2.42. The van der Waals surface area contributed by atoms with Gasteiger partial charge in [-0.25, -0.2) is 18.3 Å². The van der Waals surface area contributed by atoms with Crippen molar-refractivity contribution in [2.24, 2.45) is 0 Å². The van der Waals surface area contributed by atoms with Crippen LogP contribution in [0.1, 0.15) is 36.4 Å². The molecule has 37 heavy (non-hydrogen) atoms. The van der Waals surface area contributed by atoms with Crippen molar-refractivity contribution in [1.82, 2.24) is 19.5 Å². The fraction of sp³-hybridized carbons (Fsp3) is 0.407. The van der Waals surface area contributed by atoms with Crippen LogP contribution in [0.25, 0.3) is 11.1 Å². The molecule has 8 nitrogen and oxygen atoms in total. The lowest BCUT2D eigenvalue weighted by Gasteiger charge is -2.38. The highest BCUT2D eigenvalue weighted by molar-refractivity contribution is 5.78. The van der Waals surface area contributed by atoms with Gasteiger partial charge in [0.1, 0.15) is 11.5 Å². The van der Waals surface area contributed by atoms with Gasteiger partial charge in [-0.3, -0.25) is 4.90 Å². The quantitative estimate of drug-likeness (QED) is 0.457. The third-order valence-electron chi connectivity index (χ3n) is 6.97. The molecule has 0 saturated carbocycles. The van der Waals surface area contributed by atoms with Crippen LogP contribution in [0, 0.1) is 0 Å². The number of hydrogen-bond acceptors (Lipinski definition) is 7. The third kappa shape index (κ3) is 5.03. The number of benzene rings is 1. The number of alkyl halides is 2. The number of halogens is 2. The van der Waals surface area contributed by atoms with Gasteiger partial charge in [0.05, 0.1) is 56.4 Å². The molecule has 1 aliphatic carbocycles. The molecule has 1 atom stereocenters. The Morgan fingerprint density at radius 3 is 2.73 bits per heavy atom. The average molecular weight is 512 g/mol. The summed E-state index contributed by atoms with van der Waals surface area (Å²) in [5, 5.41) is 17.0. The number of nitrogens with zero attached hydrogens (tertiary/aromatic N) is 4. The van der Waals surface area contributed by atoms with Crippen LogP contribution >= 0.6 is 0 Å². The van der Waals surface area contributed by atoms with E-state index in [0.29, 0.717) is 35.9 Å². The lowest BCUT2D eigenvalue weighted by atomic mass is 9.86. The van der Waals surface area contributed by atoms with E-state index in [2.05, 4.69) is 27.6 Å². The van der Waals surface area contributed by atoms with E-state index in [1.165, 1.54) is 7.11 Å². The number of nitrogens with one attached hydrogen (secondary N) is 1. The number of piperidine rings is 1. The fourth-order valence-electron chi connectivity index (χ4n) is 5.14. The average Bonchev–Trinajstić information content (AvgIpc) is 3.32. The Morgan fingerprint density at radius 2 is 1.97 bits per heavy atom. The van der Waals surface area contributed by atoms with E-state index in [-0.39, 0.29) is 19.7 Å². The number of methoxy groups -OCH3 is 2. The molecule has 0 bridgehead atoms. The number of rotatable bonds is 8. The van der Waals surface area contributed by atoms with Gasteiger partial charge in [0.2, 0.25) is 5.95 Å². The predicted molar refractivity (Wildman–Crippen MR) is 137 cm³/mol. The Hall–Kier alpha value is -3.50. The molecule has 2 aromatic heterocycles. The molecule has 0 amide bonds. The summed E-state index contributed by atoms with van der Waals surface area (Å²) in [7, 11) is 3.17. The van der Waals surface area contributed by atoms with Gasteiger partial charge < -0.3 is 19.9 Å². The van der Waals surface area contributed by atoms with Crippen LogP contribution in [0.4, 0.5) is 20.4 Å². The molecule has 5 rings (SSSR count). The number of aliphatic hydroxyl groups excluding tert-OH is 1. The first kappa shape index (κ1) is 25.2. The third-order valence-corrected chi connectivity index (χ3v) is 6.97. The summed E-state index contributed by atoms with van der Waals surface area (Å²) in [5.41, 5.74) is 3.80. The molecule has 0 radical (unpaired) electrons. The maximum Gasteiger partial charge on any atom is 0.267 e. The van der Waals surface area contributed by atoms with Gasteiger partial charge >= 0.3 is 0 Å². The molecule has 1 aromatic carbocycles. The van der Waals surface area contributed by atoms with Gasteiger partial charge in [-0.05, 0) is 61.7 Å². The van der Waals surface area contributed by atoms with Crippen LogP contribution in [0.15, 0.2) is 54.4 Å². The van der Waals surface area contributed by atoms with Gasteiger partial charge in [-0.1, -0.05) is 12.1 Å². The molecule has 3 heterocycles. The molecule has 10 heteroatoms. The van der Waals surface area contributed by atoms with Crippen molar-refractivity contribution < 1.29 is 23.4 Å². The normalized spacial score (nSPS) is 19.9. The van der Waals surface area contributed by atoms with E-state index in [1.54, 1.807) is 40.9 Å². The van der Waals surface area contributed by atoms with E-state index in [4.69, 9.17) is 14.6 Å². The summed E-state index contributed by atoms with van der Waals surface area (Å²) < 4.78 is 42.8. The van der Waals surface area contributed by atoms with Gasteiger partial charge in [0, 0.05) is 12.1 Å². The van der Waals surface area contributed by atoms with E-state index in [1.807, 2.05) is 12.1 Å². The van der Waals surface area contributed by atoms with Crippen LogP contribution in [-0.4, -0.2) is 71.0 Å². The molecule has 1 aliphatic heterocycles. The number of likely N-dealkylation sites (tertiary alicyclic amines) is 1. The van der Waals surface area contributed by atoms with E-state index in [9.17, 15) is 8.78 Å². The first-order chi connectivity index (χ1) is 17.9. The highest BCUT2D eigenvalue weighted by Gasteiger charge is 2.45. The number of anilines is 2. The monoisotopic (exact) mass is 511 g/mol. The number of fused-ring (bicyclic) bond motifs is 1. The van der Waals surface area contributed by atoms with Crippen LogP contribution in [0.3, 0.4) is 0 Å². The summed E-state index contributed by atoms with van der Waals surface area (Å²) in [4.78, 5) is 6.03. The molecule has 1 saturated heterocycles. The maximum absolute atomic E-state index is 15.0. The number of aliphatic hydroxyl groups is 1. The second-order valence-electron chi connectivity index (χ2n) is 9.29. The van der Waals surface area contributed by atoms with Gasteiger partial charge in [0.15, 0.2) is 0 Å². The first-order valence-corrected chi connectivity index (χ1v) is 12.4. The van der Waals surface area contributed by atoms with Crippen LogP contribution in [0.2, 0.25) is 0 Å². The predicted octanol–water partition coefficient (Wildman–Crippen LogP) is 4.61. The summed E-state index contributed by atoms with van der Waals surface area (Å²) in [5.74, 6) is -2.24. The zero-order valence-corrected chi connectivity index (χ0v) is 21.0. The molecule has 0 spiro atoms. The van der Waals surface area contributed by atoms with Crippen LogP contribution < -0.4 is 10.1 Å². The second-order valence-corrected chi connectivity index (χ2v) is 9.29. The van der Waals surface area contributed by atoms with Gasteiger partial charge in [-0.15, -0.1) is 5.10 Å². The Balaban J connectivity index is 1.40. The zero-order chi connectivity index (χ0) is 26.0. The van der Waals surface area contributed by atoms with Crippen molar-refractivity contribution in [3.8, 4) is 5.75 Å². The Labute approximate surface area is 214 Å². The standard InChI is InChI=1S/C27H31F2N5O3/c1-36-24-6-4-3-5-20(24)23-10-8-19-16-30-26(32-34(19)23)31-22-9-7-18(15-25(22)37-2)21-11-12-33(13-14-35)17-27(21,28)29/h5-10,15-16,21,35H,3-4,11-14,17H2,1-2H3,(H,31,32). The Morgan fingerprint density at radius 1 is 1.14 bits per heavy atom. The van der Waals surface area contributed by atoms with Crippen LogP contribution in [0.5, 0.6) is 5.75 Å². The van der Waals surface area contributed by atoms with Gasteiger partial charge in [-0.2, -0.15) is 0 Å². The van der Waals surface area contributed by atoms with Crippen molar-refractivity contribution >= 4 is 22.7 Å². The largest absolute Gasteiger partial charge is 0.496 e. The second kappa shape index (κ2) is 10.5. The Bertz CT molecular complexity index is 1340. The molecule has 2 N–H and O–H groups in total.